The second-order valence-electron chi connectivity index (χ2n) is 4.13. The van der Waals surface area contributed by atoms with E-state index in [0.717, 1.165) is 4.68 Å². The van der Waals surface area contributed by atoms with Crippen molar-refractivity contribution in [1.29, 1.82) is 0 Å². The molecule has 8 heteroatoms. The van der Waals surface area contributed by atoms with Crippen molar-refractivity contribution in [2.75, 3.05) is 13.2 Å². The second kappa shape index (κ2) is 7.35. The van der Waals surface area contributed by atoms with E-state index in [1.165, 1.54) is 12.1 Å². The number of hydrogen-bond donors (Lipinski definition) is 0. The summed E-state index contributed by atoms with van der Waals surface area (Å²) in [7, 11) is -3.75. The van der Waals surface area contributed by atoms with Crippen LogP contribution in [0, 0.1) is 0 Å². The minimum atomic E-state index is -3.75. The quantitative estimate of drug-likeness (QED) is 0.729. The Morgan fingerprint density at radius 3 is 2.27 bits per heavy atom. The molecule has 0 unspecified atom stereocenters. The number of benzene rings is 1. The zero-order valence-electron chi connectivity index (χ0n) is 12.3. The van der Waals surface area contributed by atoms with Crippen LogP contribution in [0.5, 0.6) is 5.88 Å². The van der Waals surface area contributed by atoms with Gasteiger partial charge in [0.05, 0.1) is 18.9 Å². The van der Waals surface area contributed by atoms with Gasteiger partial charge in [-0.2, -0.15) is 4.68 Å². The molecule has 0 aliphatic rings. The van der Waals surface area contributed by atoms with Crippen molar-refractivity contribution < 1.29 is 18.1 Å². The Bertz CT molecular complexity index is 707. The molecule has 1 aromatic carbocycles. The second-order valence-corrected chi connectivity index (χ2v) is 5.72. The fourth-order valence-corrected chi connectivity index (χ4v) is 2.86. The van der Waals surface area contributed by atoms with Crippen LogP contribution in [0.3, 0.4) is 0 Å². The van der Waals surface area contributed by atoms with Gasteiger partial charge < -0.3 is 4.52 Å². The molecule has 0 N–H and O–H groups in total. The highest BCUT2D eigenvalue weighted by Crippen LogP contribution is 2.48. The van der Waals surface area contributed by atoms with Crippen molar-refractivity contribution in [2.45, 2.75) is 13.8 Å². The maximum Gasteiger partial charge on any atom is 0.531 e. The Labute approximate surface area is 128 Å². The van der Waals surface area contributed by atoms with Gasteiger partial charge in [-0.15, -0.1) is 5.10 Å². The van der Waals surface area contributed by atoms with E-state index in [0.29, 0.717) is 5.69 Å². The summed E-state index contributed by atoms with van der Waals surface area (Å²) < 4.78 is 28.8. The smallest absolute Gasteiger partial charge is 0.384 e. The van der Waals surface area contributed by atoms with Crippen molar-refractivity contribution in [3.63, 3.8) is 0 Å². The minimum absolute atomic E-state index is 0.0197. The van der Waals surface area contributed by atoms with E-state index in [2.05, 4.69) is 5.10 Å². The summed E-state index contributed by atoms with van der Waals surface area (Å²) in [5.74, 6) is -0.0197. The number of aromatic nitrogens is 2. The van der Waals surface area contributed by atoms with Gasteiger partial charge in [0, 0.05) is 12.1 Å². The van der Waals surface area contributed by atoms with E-state index >= 15 is 0 Å². The highest BCUT2D eigenvalue weighted by atomic mass is 31.2. The summed E-state index contributed by atoms with van der Waals surface area (Å²) >= 11 is 0. The van der Waals surface area contributed by atoms with Gasteiger partial charge >= 0.3 is 7.82 Å². The van der Waals surface area contributed by atoms with Crippen molar-refractivity contribution in [3.8, 4) is 11.6 Å². The van der Waals surface area contributed by atoms with Crippen LogP contribution in [0.1, 0.15) is 13.8 Å². The van der Waals surface area contributed by atoms with Gasteiger partial charge in [0.1, 0.15) is 0 Å². The molecule has 1 heterocycles. The standard InChI is InChI=1S/C14H17N2O5P/c1-3-19-22(18,20-4-2)21-13-10-11-14(17)16(15-13)12-8-6-5-7-9-12/h5-11H,3-4H2,1-2H3. The molecule has 0 aliphatic heterocycles. The third-order valence-electron chi connectivity index (χ3n) is 2.56. The first-order chi connectivity index (χ1) is 10.6. The SMILES string of the molecule is CCOP(=O)(OCC)Oc1ccc(=O)n(-c2ccccc2)n1. The molecule has 2 aromatic rings. The van der Waals surface area contributed by atoms with Gasteiger partial charge in [0.2, 0.25) is 5.88 Å². The van der Waals surface area contributed by atoms with Crippen molar-refractivity contribution in [1.82, 2.24) is 9.78 Å². The highest BCUT2D eigenvalue weighted by Gasteiger charge is 2.28. The van der Waals surface area contributed by atoms with Crippen LogP contribution in [0.25, 0.3) is 5.69 Å². The van der Waals surface area contributed by atoms with E-state index in [-0.39, 0.29) is 24.7 Å². The lowest BCUT2D eigenvalue weighted by Crippen LogP contribution is -2.20. The number of phosphoric acid groups is 1. The lowest BCUT2D eigenvalue weighted by molar-refractivity contribution is 0.165. The molecule has 22 heavy (non-hydrogen) atoms. The molecular formula is C14H17N2O5P. The summed E-state index contributed by atoms with van der Waals surface area (Å²) in [4.78, 5) is 11.9. The normalized spacial score (nSPS) is 11.4. The summed E-state index contributed by atoms with van der Waals surface area (Å²) in [6, 6.07) is 11.4. The Morgan fingerprint density at radius 2 is 1.68 bits per heavy atom. The van der Waals surface area contributed by atoms with E-state index in [9.17, 15) is 9.36 Å². The van der Waals surface area contributed by atoms with Crippen LogP contribution in [0.15, 0.2) is 47.3 Å². The number of para-hydroxylation sites is 1. The van der Waals surface area contributed by atoms with Gasteiger partial charge in [0.15, 0.2) is 0 Å². The molecule has 0 aliphatic carbocycles. The first-order valence-corrected chi connectivity index (χ1v) is 8.28. The van der Waals surface area contributed by atoms with Crippen LogP contribution in [0.2, 0.25) is 0 Å². The average molecular weight is 324 g/mol. The molecule has 0 atom stereocenters. The van der Waals surface area contributed by atoms with Gasteiger partial charge in [-0.3, -0.25) is 13.8 Å². The Kier molecular flexibility index (Phi) is 5.49. The summed E-state index contributed by atoms with van der Waals surface area (Å²) in [5.41, 5.74) is 0.238. The molecule has 0 fully saturated rings. The van der Waals surface area contributed by atoms with Crippen LogP contribution >= 0.6 is 7.82 Å². The predicted octanol–water partition coefficient (Wildman–Crippen LogP) is 2.79. The lowest BCUT2D eigenvalue weighted by Gasteiger charge is -2.16. The Balaban J connectivity index is 2.34. The fraction of sp³-hybridized carbons (Fsp3) is 0.286. The Hall–Kier alpha value is -1.95. The molecule has 0 amide bonds. The maximum absolute atomic E-state index is 12.3. The average Bonchev–Trinajstić information content (AvgIpc) is 2.50. The van der Waals surface area contributed by atoms with Crippen molar-refractivity contribution in [2.24, 2.45) is 0 Å². The molecule has 2 rings (SSSR count). The predicted molar refractivity (Wildman–Crippen MR) is 81.3 cm³/mol. The largest absolute Gasteiger partial charge is 0.531 e. The minimum Gasteiger partial charge on any atom is -0.384 e. The number of phosphoric ester groups is 1. The molecule has 7 nitrogen and oxygen atoms in total. The van der Waals surface area contributed by atoms with Gasteiger partial charge in [-0.05, 0) is 26.0 Å². The first kappa shape index (κ1) is 16.4. The lowest BCUT2D eigenvalue weighted by atomic mass is 10.3. The fourth-order valence-electron chi connectivity index (χ4n) is 1.72. The zero-order valence-corrected chi connectivity index (χ0v) is 13.2. The number of nitrogens with zero attached hydrogens (tertiary/aromatic N) is 2. The third kappa shape index (κ3) is 4.04. The highest BCUT2D eigenvalue weighted by molar-refractivity contribution is 7.48. The van der Waals surface area contributed by atoms with Gasteiger partial charge in [0.25, 0.3) is 5.56 Å². The number of rotatable bonds is 7. The molecular weight excluding hydrogens is 307 g/mol. The van der Waals surface area contributed by atoms with E-state index in [4.69, 9.17) is 13.6 Å². The van der Waals surface area contributed by atoms with Crippen molar-refractivity contribution >= 4 is 7.82 Å². The van der Waals surface area contributed by atoms with Crippen LogP contribution in [-0.2, 0) is 13.6 Å². The topological polar surface area (TPSA) is 79.7 Å². The van der Waals surface area contributed by atoms with Crippen LogP contribution in [-0.4, -0.2) is 23.0 Å². The number of hydrogen-bond acceptors (Lipinski definition) is 6. The molecule has 0 radical (unpaired) electrons. The van der Waals surface area contributed by atoms with Crippen molar-refractivity contribution in [3.05, 3.63) is 52.8 Å². The zero-order chi connectivity index (χ0) is 16.0. The molecule has 1 aromatic heterocycles. The van der Waals surface area contributed by atoms with E-state index in [1.807, 2.05) is 6.07 Å². The van der Waals surface area contributed by atoms with Crippen LogP contribution in [0.4, 0.5) is 0 Å². The summed E-state index contributed by atoms with van der Waals surface area (Å²) in [5, 5.41) is 4.04. The first-order valence-electron chi connectivity index (χ1n) is 6.82. The summed E-state index contributed by atoms with van der Waals surface area (Å²) in [6.45, 7) is 3.67. The Morgan fingerprint density at radius 1 is 1.05 bits per heavy atom. The molecule has 0 saturated carbocycles. The molecule has 118 valence electrons. The van der Waals surface area contributed by atoms with Gasteiger partial charge in [-0.25, -0.2) is 4.57 Å². The third-order valence-corrected chi connectivity index (χ3v) is 4.12. The molecule has 0 bridgehead atoms. The maximum atomic E-state index is 12.3. The monoisotopic (exact) mass is 324 g/mol. The van der Waals surface area contributed by atoms with E-state index < -0.39 is 7.82 Å². The van der Waals surface area contributed by atoms with Gasteiger partial charge in [-0.1, -0.05) is 18.2 Å². The molecule has 0 saturated heterocycles. The summed E-state index contributed by atoms with van der Waals surface area (Å²) in [6.07, 6.45) is 0. The van der Waals surface area contributed by atoms with E-state index in [1.54, 1.807) is 38.1 Å². The van der Waals surface area contributed by atoms with Crippen LogP contribution < -0.4 is 10.1 Å². The molecule has 0 spiro atoms.